The Kier molecular flexibility index (Phi) is 5.00. The third-order valence-electron chi connectivity index (χ3n) is 4.75. The highest BCUT2D eigenvalue weighted by molar-refractivity contribution is 5.92. The van der Waals surface area contributed by atoms with Gasteiger partial charge in [-0.25, -0.2) is 0 Å². The number of carbonyl (C=O) groups is 1. The Morgan fingerprint density at radius 1 is 0.963 bits per heavy atom. The van der Waals surface area contributed by atoms with E-state index >= 15 is 0 Å². The fourth-order valence-corrected chi connectivity index (χ4v) is 3.21. The summed E-state index contributed by atoms with van der Waals surface area (Å²) in [5.41, 5.74) is 2.54. The van der Waals surface area contributed by atoms with Crippen molar-refractivity contribution in [2.24, 2.45) is 5.92 Å². The molecule has 0 atom stereocenters. The molecule has 27 heavy (non-hydrogen) atoms. The van der Waals surface area contributed by atoms with Crippen LogP contribution in [0.2, 0.25) is 0 Å². The predicted octanol–water partition coefficient (Wildman–Crippen LogP) is 2.79. The number of pyridine rings is 2. The Bertz CT molecular complexity index is 877. The summed E-state index contributed by atoms with van der Waals surface area (Å²) >= 11 is 0. The van der Waals surface area contributed by atoms with E-state index in [-0.39, 0.29) is 11.8 Å². The summed E-state index contributed by atoms with van der Waals surface area (Å²) < 4.78 is 0. The van der Waals surface area contributed by atoms with Crippen molar-refractivity contribution < 1.29 is 4.79 Å². The first kappa shape index (κ1) is 17.1. The number of carbonyl (C=O) groups excluding carboxylic acids is 1. The Hall–Kier alpha value is -3.35. The molecule has 4 rings (SSSR count). The normalized spacial score (nSPS) is 14.7. The van der Waals surface area contributed by atoms with Crippen molar-refractivity contribution >= 4 is 17.4 Å². The third-order valence-corrected chi connectivity index (χ3v) is 4.75. The van der Waals surface area contributed by atoms with E-state index in [0.717, 1.165) is 48.7 Å². The van der Waals surface area contributed by atoms with E-state index < -0.39 is 0 Å². The van der Waals surface area contributed by atoms with Gasteiger partial charge in [-0.3, -0.25) is 14.8 Å². The summed E-state index contributed by atoms with van der Waals surface area (Å²) in [6, 6.07) is 11.4. The molecule has 1 aliphatic heterocycles. The summed E-state index contributed by atoms with van der Waals surface area (Å²) in [6.45, 7) is 1.57. The molecule has 3 aromatic heterocycles. The lowest BCUT2D eigenvalue weighted by atomic mass is 9.96. The predicted molar refractivity (Wildman–Crippen MR) is 103 cm³/mol. The maximum atomic E-state index is 12.4. The van der Waals surface area contributed by atoms with Crippen LogP contribution in [0, 0.1) is 5.92 Å². The molecule has 0 aromatic carbocycles. The number of amides is 1. The zero-order chi connectivity index (χ0) is 18.5. The van der Waals surface area contributed by atoms with Crippen LogP contribution in [-0.4, -0.2) is 39.2 Å². The molecule has 0 spiro atoms. The van der Waals surface area contributed by atoms with Gasteiger partial charge in [0.2, 0.25) is 5.91 Å². The van der Waals surface area contributed by atoms with Crippen LogP contribution in [0.15, 0.2) is 61.2 Å². The summed E-state index contributed by atoms with van der Waals surface area (Å²) in [5, 5.41) is 11.6. The molecule has 4 heterocycles. The van der Waals surface area contributed by atoms with Crippen LogP contribution >= 0.6 is 0 Å². The smallest absolute Gasteiger partial charge is 0.227 e. The zero-order valence-electron chi connectivity index (χ0n) is 14.8. The molecule has 1 saturated heterocycles. The molecular formula is C20H20N6O. The molecule has 0 aliphatic carbocycles. The molecule has 7 heteroatoms. The lowest BCUT2D eigenvalue weighted by Crippen LogP contribution is -2.38. The first-order valence-corrected chi connectivity index (χ1v) is 8.99. The number of hydrogen-bond acceptors (Lipinski definition) is 6. The SMILES string of the molecule is O=C(Nc1ccncc1)C1CCN(c2ccc(-c3cccnc3)nn2)CC1. The van der Waals surface area contributed by atoms with Gasteiger partial charge in [-0.05, 0) is 49.2 Å². The van der Waals surface area contributed by atoms with Gasteiger partial charge in [0, 0.05) is 55.0 Å². The van der Waals surface area contributed by atoms with Crippen LogP contribution in [0.25, 0.3) is 11.3 Å². The van der Waals surface area contributed by atoms with Crippen LogP contribution in [0.5, 0.6) is 0 Å². The van der Waals surface area contributed by atoms with Gasteiger partial charge in [0.05, 0.1) is 5.69 Å². The van der Waals surface area contributed by atoms with Crippen LogP contribution in [0.1, 0.15) is 12.8 Å². The van der Waals surface area contributed by atoms with E-state index in [0.29, 0.717) is 0 Å². The number of nitrogens with zero attached hydrogens (tertiary/aromatic N) is 5. The van der Waals surface area contributed by atoms with Crippen molar-refractivity contribution in [2.45, 2.75) is 12.8 Å². The minimum absolute atomic E-state index is 0.0111. The number of piperidine rings is 1. The largest absolute Gasteiger partial charge is 0.355 e. The minimum atomic E-state index is 0.0111. The van der Waals surface area contributed by atoms with E-state index in [1.165, 1.54) is 0 Å². The van der Waals surface area contributed by atoms with Crippen molar-refractivity contribution in [1.29, 1.82) is 0 Å². The fraction of sp³-hybridized carbons (Fsp3) is 0.250. The van der Waals surface area contributed by atoms with Gasteiger partial charge in [-0.1, -0.05) is 0 Å². The van der Waals surface area contributed by atoms with Gasteiger partial charge in [0.1, 0.15) is 0 Å². The molecule has 0 bridgehead atoms. The highest BCUT2D eigenvalue weighted by atomic mass is 16.1. The highest BCUT2D eigenvalue weighted by Gasteiger charge is 2.25. The molecule has 0 unspecified atom stereocenters. The lowest BCUT2D eigenvalue weighted by molar-refractivity contribution is -0.120. The van der Waals surface area contributed by atoms with Crippen LogP contribution in [0.3, 0.4) is 0 Å². The number of anilines is 2. The van der Waals surface area contributed by atoms with Crippen molar-refractivity contribution in [2.75, 3.05) is 23.3 Å². The van der Waals surface area contributed by atoms with Crippen LogP contribution in [0.4, 0.5) is 11.5 Å². The summed E-state index contributed by atoms with van der Waals surface area (Å²) in [4.78, 5) is 22.7. The number of hydrogen-bond donors (Lipinski definition) is 1. The number of rotatable bonds is 4. The fourth-order valence-electron chi connectivity index (χ4n) is 3.21. The summed E-state index contributed by atoms with van der Waals surface area (Å²) in [7, 11) is 0. The van der Waals surface area contributed by atoms with Gasteiger partial charge in [0.15, 0.2) is 5.82 Å². The lowest BCUT2D eigenvalue weighted by Gasteiger charge is -2.31. The van der Waals surface area contributed by atoms with Crippen molar-refractivity contribution in [3.05, 3.63) is 61.2 Å². The highest BCUT2D eigenvalue weighted by Crippen LogP contribution is 2.24. The Labute approximate surface area is 157 Å². The van der Waals surface area contributed by atoms with Crippen LogP contribution in [-0.2, 0) is 4.79 Å². The quantitative estimate of drug-likeness (QED) is 0.770. The molecule has 3 aromatic rings. The Morgan fingerprint density at radius 3 is 2.44 bits per heavy atom. The van der Waals surface area contributed by atoms with E-state index in [2.05, 4.69) is 30.4 Å². The number of nitrogens with one attached hydrogen (secondary N) is 1. The Morgan fingerprint density at radius 2 is 1.78 bits per heavy atom. The van der Waals surface area contributed by atoms with Crippen molar-refractivity contribution in [3.63, 3.8) is 0 Å². The summed E-state index contributed by atoms with van der Waals surface area (Å²) in [5.74, 6) is 0.923. The average Bonchev–Trinajstić information content (AvgIpc) is 2.75. The van der Waals surface area contributed by atoms with Crippen LogP contribution < -0.4 is 10.2 Å². The molecule has 1 N–H and O–H groups in total. The second-order valence-electron chi connectivity index (χ2n) is 6.50. The van der Waals surface area contributed by atoms with Gasteiger partial charge in [-0.2, -0.15) is 0 Å². The average molecular weight is 360 g/mol. The van der Waals surface area contributed by atoms with E-state index in [9.17, 15) is 4.79 Å². The van der Waals surface area contributed by atoms with Gasteiger partial charge >= 0.3 is 0 Å². The Balaban J connectivity index is 1.34. The third kappa shape index (κ3) is 4.08. The molecule has 1 amide bonds. The maximum Gasteiger partial charge on any atom is 0.227 e. The zero-order valence-corrected chi connectivity index (χ0v) is 14.8. The van der Waals surface area contributed by atoms with Crippen molar-refractivity contribution in [1.82, 2.24) is 20.2 Å². The second-order valence-corrected chi connectivity index (χ2v) is 6.50. The van der Waals surface area contributed by atoms with E-state index in [1.807, 2.05) is 24.3 Å². The second kappa shape index (κ2) is 7.90. The van der Waals surface area contributed by atoms with Gasteiger partial charge in [0.25, 0.3) is 0 Å². The van der Waals surface area contributed by atoms with Gasteiger partial charge in [-0.15, -0.1) is 10.2 Å². The molecule has 0 saturated carbocycles. The topological polar surface area (TPSA) is 83.9 Å². The molecular weight excluding hydrogens is 340 g/mol. The molecule has 0 radical (unpaired) electrons. The number of aromatic nitrogens is 4. The minimum Gasteiger partial charge on any atom is -0.355 e. The standard InChI is InChI=1S/C20H20N6O/c27-20(23-17-5-10-21-11-6-17)15-7-12-26(13-8-15)19-4-3-18(24-25-19)16-2-1-9-22-14-16/h1-6,9-11,14-15H,7-8,12-13H2,(H,21,23,27). The molecule has 1 fully saturated rings. The monoisotopic (exact) mass is 360 g/mol. The first-order chi connectivity index (χ1) is 13.3. The molecule has 7 nitrogen and oxygen atoms in total. The summed E-state index contributed by atoms with van der Waals surface area (Å²) in [6.07, 6.45) is 8.45. The van der Waals surface area contributed by atoms with Crippen molar-refractivity contribution in [3.8, 4) is 11.3 Å². The van der Waals surface area contributed by atoms with Gasteiger partial charge < -0.3 is 10.2 Å². The first-order valence-electron chi connectivity index (χ1n) is 8.99. The molecule has 1 aliphatic rings. The van der Waals surface area contributed by atoms with E-state index in [4.69, 9.17) is 0 Å². The van der Waals surface area contributed by atoms with E-state index in [1.54, 1.807) is 36.9 Å². The molecule has 136 valence electrons. The maximum absolute atomic E-state index is 12.4.